The first-order chi connectivity index (χ1) is 7.97. The van der Waals surface area contributed by atoms with Gasteiger partial charge in [0.25, 0.3) is 0 Å². The fraction of sp³-hybridized carbons (Fsp3) is 0.357. The number of nitrogens with zero attached hydrogens (tertiary/aromatic N) is 1. The predicted molar refractivity (Wildman–Crippen MR) is 75.1 cm³/mol. The molecule has 1 aromatic carbocycles. The monoisotopic (exact) mass is 265 g/mol. The molecule has 0 saturated carbocycles. The molecule has 0 unspecified atom stereocenters. The Hall–Kier alpha value is -0.860. The van der Waals surface area contributed by atoms with Crippen molar-refractivity contribution in [1.29, 1.82) is 0 Å². The summed E-state index contributed by atoms with van der Waals surface area (Å²) in [6, 6.07) is 8.03. The van der Waals surface area contributed by atoms with Crippen LogP contribution in [0.3, 0.4) is 0 Å². The van der Waals surface area contributed by atoms with Crippen LogP contribution in [0, 0.1) is 0 Å². The first-order valence-corrected chi connectivity index (χ1v) is 6.90. The Kier molecular flexibility index (Phi) is 3.55. The summed E-state index contributed by atoms with van der Waals surface area (Å²) < 4.78 is 0. The maximum Gasteiger partial charge on any atom is 0.0798 e. The van der Waals surface area contributed by atoms with E-state index in [1.165, 1.54) is 16.1 Å². The Morgan fingerprint density at radius 2 is 1.82 bits per heavy atom. The Labute approximate surface area is 111 Å². The lowest BCUT2D eigenvalue weighted by Gasteiger charge is -2.17. The first kappa shape index (κ1) is 12.6. The third kappa shape index (κ3) is 3.08. The molecule has 17 heavy (non-hydrogen) atoms. The van der Waals surface area contributed by atoms with Crippen molar-refractivity contribution in [2.24, 2.45) is 0 Å². The Balaban J connectivity index is 2.25. The van der Waals surface area contributed by atoms with Gasteiger partial charge in [-0.05, 0) is 17.7 Å². The van der Waals surface area contributed by atoms with Gasteiger partial charge >= 0.3 is 0 Å². The molecule has 0 bridgehead atoms. The van der Waals surface area contributed by atoms with Crippen LogP contribution in [0.25, 0.3) is 0 Å². The fourth-order valence-corrected chi connectivity index (χ4v) is 2.93. The maximum atomic E-state index is 5.89. The normalized spacial score (nSPS) is 11.8. The summed E-state index contributed by atoms with van der Waals surface area (Å²) in [6.45, 7) is 6.61. The smallest absolute Gasteiger partial charge is 0.0798 e. The number of benzene rings is 1. The van der Waals surface area contributed by atoms with E-state index in [9.17, 15) is 0 Å². The van der Waals surface area contributed by atoms with E-state index in [2.05, 4.69) is 37.9 Å². The number of hydrogen-bond donors (Lipinski definition) is 0. The van der Waals surface area contributed by atoms with Gasteiger partial charge in [0.05, 0.1) is 11.2 Å². The van der Waals surface area contributed by atoms with E-state index in [0.29, 0.717) is 0 Å². The second-order valence-electron chi connectivity index (χ2n) is 5.18. The van der Waals surface area contributed by atoms with Crippen LogP contribution in [-0.2, 0) is 11.8 Å². The van der Waals surface area contributed by atoms with Crippen molar-refractivity contribution in [2.45, 2.75) is 32.6 Å². The van der Waals surface area contributed by atoms with Gasteiger partial charge in [0.2, 0.25) is 0 Å². The van der Waals surface area contributed by atoms with E-state index in [0.717, 1.165) is 11.4 Å². The molecule has 1 heterocycles. The highest BCUT2D eigenvalue weighted by molar-refractivity contribution is 7.09. The van der Waals surface area contributed by atoms with E-state index in [1.54, 1.807) is 11.3 Å². The van der Waals surface area contributed by atoms with Crippen LogP contribution in [0.4, 0.5) is 0 Å². The molecule has 0 spiro atoms. The van der Waals surface area contributed by atoms with Crippen molar-refractivity contribution in [3.8, 4) is 0 Å². The summed E-state index contributed by atoms with van der Waals surface area (Å²) in [4.78, 5) is 5.84. The van der Waals surface area contributed by atoms with Gasteiger partial charge in [0, 0.05) is 21.7 Å². The zero-order valence-corrected chi connectivity index (χ0v) is 11.9. The molecule has 0 saturated heterocycles. The predicted octanol–water partition coefficient (Wildman–Crippen LogP) is 4.68. The van der Waals surface area contributed by atoms with Crippen molar-refractivity contribution in [3.05, 3.63) is 50.9 Å². The summed E-state index contributed by atoms with van der Waals surface area (Å²) in [5.74, 6) is 0. The van der Waals surface area contributed by atoms with E-state index < -0.39 is 0 Å². The number of thiazole rings is 1. The fourth-order valence-electron chi connectivity index (χ4n) is 1.80. The van der Waals surface area contributed by atoms with Crippen molar-refractivity contribution in [3.63, 3.8) is 0 Å². The van der Waals surface area contributed by atoms with Crippen molar-refractivity contribution >= 4 is 22.9 Å². The Morgan fingerprint density at radius 3 is 2.41 bits per heavy atom. The quantitative estimate of drug-likeness (QED) is 0.768. The van der Waals surface area contributed by atoms with E-state index in [1.807, 2.05) is 17.6 Å². The number of hydrogen-bond acceptors (Lipinski definition) is 2. The van der Waals surface area contributed by atoms with Gasteiger partial charge in [-0.1, -0.05) is 44.5 Å². The van der Waals surface area contributed by atoms with Crippen LogP contribution in [-0.4, -0.2) is 4.98 Å². The molecule has 0 aliphatic rings. The molecule has 1 aromatic heterocycles. The van der Waals surface area contributed by atoms with Gasteiger partial charge < -0.3 is 0 Å². The molecule has 0 fully saturated rings. The standard InChI is InChI=1S/C14H16ClNS/c1-14(2,3)13-12(17-9-16-13)8-10-4-6-11(15)7-5-10/h4-7,9H,8H2,1-3H3. The van der Waals surface area contributed by atoms with Crippen LogP contribution in [0.2, 0.25) is 5.02 Å². The minimum Gasteiger partial charge on any atom is -0.249 e. The zero-order valence-electron chi connectivity index (χ0n) is 10.3. The Bertz CT molecular complexity index is 494. The third-order valence-corrected chi connectivity index (χ3v) is 3.71. The van der Waals surface area contributed by atoms with Gasteiger partial charge in [-0.15, -0.1) is 11.3 Å². The molecule has 2 aromatic rings. The van der Waals surface area contributed by atoms with Gasteiger partial charge in [-0.3, -0.25) is 0 Å². The van der Waals surface area contributed by atoms with Gasteiger partial charge in [0.1, 0.15) is 0 Å². The SMILES string of the molecule is CC(C)(C)c1ncsc1Cc1ccc(Cl)cc1. The maximum absolute atomic E-state index is 5.89. The summed E-state index contributed by atoms with van der Waals surface area (Å²) in [5, 5.41) is 0.786. The van der Waals surface area contributed by atoms with Crippen molar-refractivity contribution in [1.82, 2.24) is 4.98 Å². The first-order valence-electron chi connectivity index (χ1n) is 5.64. The van der Waals surface area contributed by atoms with Crippen molar-refractivity contribution in [2.75, 3.05) is 0 Å². The average Bonchev–Trinajstić information content (AvgIpc) is 2.69. The van der Waals surface area contributed by atoms with Gasteiger partial charge in [-0.2, -0.15) is 0 Å². The minimum atomic E-state index is 0.113. The second kappa shape index (κ2) is 4.79. The Morgan fingerprint density at radius 1 is 1.18 bits per heavy atom. The largest absolute Gasteiger partial charge is 0.249 e. The van der Waals surface area contributed by atoms with Crippen LogP contribution < -0.4 is 0 Å². The van der Waals surface area contributed by atoms with Crippen LogP contribution in [0.5, 0.6) is 0 Å². The lowest BCUT2D eigenvalue weighted by molar-refractivity contribution is 0.567. The molecule has 2 rings (SSSR count). The third-order valence-electron chi connectivity index (χ3n) is 2.63. The summed E-state index contributed by atoms with van der Waals surface area (Å²) in [6.07, 6.45) is 0.939. The molecule has 0 radical (unpaired) electrons. The summed E-state index contributed by atoms with van der Waals surface area (Å²) >= 11 is 7.62. The average molecular weight is 266 g/mol. The van der Waals surface area contributed by atoms with E-state index >= 15 is 0 Å². The number of halogens is 1. The minimum absolute atomic E-state index is 0.113. The molecule has 90 valence electrons. The molecular weight excluding hydrogens is 250 g/mol. The molecule has 0 atom stereocenters. The molecule has 0 N–H and O–H groups in total. The van der Waals surface area contributed by atoms with Gasteiger partial charge in [-0.25, -0.2) is 4.98 Å². The molecule has 1 nitrogen and oxygen atoms in total. The highest BCUT2D eigenvalue weighted by Gasteiger charge is 2.20. The molecular formula is C14H16ClNS. The van der Waals surface area contributed by atoms with Crippen LogP contribution in [0.15, 0.2) is 29.8 Å². The lowest BCUT2D eigenvalue weighted by Crippen LogP contribution is -2.14. The highest BCUT2D eigenvalue weighted by atomic mass is 35.5. The summed E-state index contributed by atoms with van der Waals surface area (Å²) in [5.41, 5.74) is 4.54. The van der Waals surface area contributed by atoms with Crippen molar-refractivity contribution < 1.29 is 0 Å². The number of rotatable bonds is 2. The summed E-state index contributed by atoms with van der Waals surface area (Å²) in [7, 11) is 0. The topological polar surface area (TPSA) is 12.9 Å². The van der Waals surface area contributed by atoms with Gasteiger partial charge in [0.15, 0.2) is 0 Å². The molecule has 0 aliphatic heterocycles. The molecule has 0 amide bonds. The number of aromatic nitrogens is 1. The second-order valence-corrected chi connectivity index (χ2v) is 6.55. The van der Waals surface area contributed by atoms with Crippen LogP contribution >= 0.6 is 22.9 Å². The highest BCUT2D eigenvalue weighted by Crippen LogP contribution is 2.29. The molecule has 0 aliphatic carbocycles. The van der Waals surface area contributed by atoms with E-state index in [-0.39, 0.29) is 5.41 Å². The lowest BCUT2D eigenvalue weighted by atomic mass is 9.90. The van der Waals surface area contributed by atoms with E-state index in [4.69, 9.17) is 11.6 Å². The zero-order chi connectivity index (χ0) is 12.5. The van der Waals surface area contributed by atoms with Crippen LogP contribution in [0.1, 0.15) is 36.9 Å². The molecule has 3 heteroatoms.